The lowest BCUT2D eigenvalue weighted by molar-refractivity contribution is 0.0951. The van der Waals surface area contributed by atoms with E-state index >= 15 is 0 Å². The lowest BCUT2D eigenvalue weighted by Crippen LogP contribution is -2.29. The number of nitrogens with zero attached hydrogens (tertiary/aromatic N) is 1. The molecule has 4 nitrogen and oxygen atoms in total. The fraction of sp³-hybridized carbons (Fsp3) is 0.0833. The maximum Gasteiger partial charge on any atom is 0.266 e. The average Bonchev–Trinajstić information content (AvgIpc) is 2.74. The van der Waals surface area contributed by atoms with Gasteiger partial charge in [0, 0.05) is 23.3 Å². The average molecular weight is 386 g/mol. The van der Waals surface area contributed by atoms with Crippen molar-refractivity contribution in [3.63, 3.8) is 0 Å². The number of pyridine rings is 1. The topological polar surface area (TPSA) is 51.1 Å². The molecule has 3 aromatic carbocycles. The Morgan fingerprint density at radius 3 is 2.28 bits per heavy atom. The van der Waals surface area contributed by atoms with Crippen molar-refractivity contribution in [2.45, 2.75) is 13.5 Å². The third kappa shape index (κ3) is 3.43. The second kappa shape index (κ2) is 7.72. The predicted molar refractivity (Wildman–Crippen MR) is 112 cm³/mol. The minimum absolute atomic E-state index is 0.0909. The Balaban J connectivity index is 1.90. The smallest absolute Gasteiger partial charge is 0.266 e. The SMILES string of the molecule is Cc1c(C(=O)NCc2ccccc2)c2cccc(F)c2c(=O)n1-c1ccccc1. The normalized spacial score (nSPS) is 10.8. The molecule has 144 valence electrons. The van der Waals surface area contributed by atoms with Gasteiger partial charge < -0.3 is 5.32 Å². The number of para-hydroxylation sites is 1. The van der Waals surface area contributed by atoms with Crippen LogP contribution in [0.1, 0.15) is 21.6 Å². The van der Waals surface area contributed by atoms with Gasteiger partial charge in [-0.1, -0.05) is 60.7 Å². The molecule has 0 bridgehead atoms. The van der Waals surface area contributed by atoms with Crippen LogP contribution in [-0.4, -0.2) is 10.5 Å². The Kier molecular flexibility index (Phi) is 4.96. The minimum atomic E-state index is -0.644. The summed E-state index contributed by atoms with van der Waals surface area (Å²) in [6.45, 7) is 2.04. The number of aromatic nitrogens is 1. The number of halogens is 1. The molecule has 0 aliphatic rings. The molecule has 4 aromatic rings. The van der Waals surface area contributed by atoms with Crippen LogP contribution in [0.3, 0.4) is 0 Å². The Hall–Kier alpha value is -3.73. The van der Waals surface area contributed by atoms with Gasteiger partial charge in [0.05, 0.1) is 10.9 Å². The maximum absolute atomic E-state index is 14.6. The van der Waals surface area contributed by atoms with Crippen LogP contribution in [0.25, 0.3) is 16.5 Å². The summed E-state index contributed by atoms with van der Waals surface area (Å²) in [4.78, 5) is 26.2. The Morgan fingerprint density at radius 1 is 0.931 bits per heavy atom. The van der Waals surface area contributed by atoms with Crippen molar-refractivity contribution in [2.75, 3.05) is 0 Å². The van der Waals surface area contributed by atoms with E-state index in [1.807, 2.05) is 36.4 Å². The Morgan fingerprint density at radius 2 is 1.59 bits per heavy atom. The highest BCUT2D eigenvalue weighted by Crippen LogP contribution is 2.24. The second-order valence-electron chi connectivity index (χ2n) is 6.77. The summed E-state index contributed by atoms with van der Waals surface area (Å²) in [5, 5.41) is 3.11. The van der Waals surface area contributed by atoms with E-state index in [1.54, 1.807) is 37.3 Å². The predicted octanol–water partition coefficient (Wildman–Crippen LogP) is 4.37. The van der Waals surface area contributed by atoms with Crippen LogP contribution < -0.4 is 10.9 Å². The fourth-order valence-corrected chi connectivity index (χ4v) is 3.56. The zero-order chi connectivity index (χ0) is 20.4. The molecule has 0 aliphatic carbocycles. The molecule has 5 heteroatoms. The molecule has 0 aliphatic heterocycles. The summed E-state index contributed by atoms with van der Waals surface area (Å²) in [5.74, 6) is -0.999. The minimum Gasteiger partial charge on any atom is -0.348 e. The summed E-state index contributed by atoms with van der Waals surface area (Å²) in [5.41, 5.74) is 1.80. The van der Waals surface area contributed by atoms with Crippen LogP contribution >= 0.6 is 0 Å². The van der Waals surface area contributed by atoms with Crippen LogP contribution in [-0.2, 0) is 6.54 Å². The van der Waals surface area contributed by atoms with Crippen molar-refractivity contribution in [1.82, 2.24) is 9.88 Å². The molecule has 0 fully saturated rings. The summed E-state index contributed by atoms with van der Waals surface area (Å²) < 4.78 is 16.0. The number of fused-ring (bicyclic) bond motifs is 1. The number of carbonyl (C=O) groups is 1. The highest BCUT2D eigenvalue weighted by atomic mass is 19.1. The molecule has 1 N–H and O–H groups in total. The quantitative estimate of drug-likeness (QED) is 0.566. The van der Waals surface area contributed by atoms with Gasteiger partial charge >= 0.3 is 0 Å². The van der Waals surface area contributed by atoms with Crippen molar-refractivity contribution < 1.29 is 9.18 Å². The van der Waals surface area contributed by atoms with Crippen molar-refractivity contribution in [2.24, 2.45) is 0 Å². The van der Waals surface area contributed by atoms with Gasteiger partial charge in [-0.15, -0.1) is 0 Å². The fourth-order valence-electron chi connectivity index (χ4n) is 3.56. The van der Waals surface area contributed by atoms with Crippen LogP contribution in [0.2, 0.25) is 0 Å². The molecule has 1 heterocycles. The Bertz CT molecular complexity index is 1250. The number of carbonyl (C=O) groups excluding carboxylic acids is 1. The van der Waals surface area contributed by atoms with Crippen LogP contribution in [0.5, 0.6) is 0 Å². The van der Waals surface area contributed by atoms with Gasteiger partial charge in [0.1, 0.15) is 5.82 Å². The van der Waals surface area contributed by atoms with E-state index in [2.05, 4.69) is 5.32 Å². The van der Waals surface area contributed by atoms with E-state index in [9.17, 15) is 14.0 Å². The molecule has 0 radical (unpaired) electrons. The zero-order valence-corrected chi connectivity index (χ0v) is 15.9. The number of nitrogens with one attached hydrogen (secondary N) is 1. The number of hydrogen-bond acceptors (Lipinski definition) is 2. The van der Waals surface area contributed by atoms with E-state index in [0.717, 1.165) is 5.56 Å². The Labute approximate surface area is 167 Å². The van der Waals surface area contributed by atoms with E-state index in [-0.39, 0.29) is 11.3 Å². The highest BCUT2D eigenvalue weighted by molar-refractivity contribution is 6.08. The summed E-state index contributed by atoms with van der Waals surface area (Å²) >= 11 is 0. The third-order valence-electron chi connectivity index (χ3n) is 4.93. The number of rotatable bonds is 4. The van der Waals surface area contributed by atoms with Crippen LogP contribution in [0, 0.1) is 12.7 Å². The molecule has 0 unspecified atom stereocenters. The van der Waals surface area contributed by atoms with Gasteiger partial charge in [0.15, 0.2) is 0 Å². The second-order valence-corrected chi connectivity index (χ2v) is 6.77. The summed E-state index contributed by atoms with van der Waals surface area (Å²) in [7, 11) is 0. The number of benzene rings is 3. The molecule has 1 amide bonds. The first-order chi connectivity index (χ1) is 14.1. The highest BCUT2D eigenvalue weighted by Gasteiger charge is 2.21. The standard InChI is InChI=1S/C24H19FN2O2/c1-16-21(23(28)26-15-17-9-4-2-5-10-17)19-13-8-14-20(25)22(19)24(29)27(16)18-11-6-3-7-12-18/h2-14H,15H2,1H3,(H,26,28). The molecule has 4 rings (SSSR count). The van der Waals surface area contributed by atoms with Gasteiger partial charge in [-0.25, -0.2) is 4.39 Å². The van der Waals surface area contributed by atoms with Crippen molar-refractivity contribution in [1.29, 1.82) is 0 Å². The first-order valence-electron chi connectivity index (χ1n) is 9.29. The van der Waals surface area contributed by atoms with Gasteiger partial charge in [-0.05, 0) is 30.7 Å². The molecule has 0 spiro atoms. The largest absolute Gasteiger partial charge is 0.348 e. The van der Waals surface area contributed by atoms with Crippen LogP contribution in [0.15, 0.2) is 83.7 Å². The lowest BCUT2D eigenvalue weighted by atomic mass is 10.0. The summed E-state index contributed by atoms with van der Waals surface area (Å²) in [6.07, 6.45) is 0. The first kappa shape index (κ1) is 18.6. The maximum atomic E-state index is 14.6. The molecule has 0 saturated heterocycles. The van der Waals surface area contributed by atoms with Gasteiger partial charge in [0.25, 0.3) is 11.5 Å². The summed E-state index contributed by atoms with van der Waals surface area (Å²) in [6, 6.07) is 22.8. The molecular formula is C24H19FN2O2. The number of hydrogen-bond donors (Lipinski definition) is 1. The van der Waals surface area contributed by atoms with E-state index in [0.29, 0.717) is 28.9 Å². The molecule has 0 atom stereocenters. The van der Waals surface area contributed by atoms with Crippen molar-refractivity contribution in [3.05, 3.63) is 112 Å². The third-order valence-corrected chi connectivity index (χ3v) is 4.93. The monoisotopic (exact) mass is 386 g/mol. The van der Waals surface area contributed by atoms with Gasteiger partial charge in [-0.3, -0.25) is 14.2 Å². The number of amides is 1. The zero-order valence-electron chi connectivity index (χ0n) is 15.9. The lowest BCUT2D eigenvalue weighted by Gasteiger charge is -2.17. The molecule has 1 aromatic heterocycles. The van der Waals surface area contributed by atoms with Gasteiger partial charge in [0.2, 0.25) is 0 Å². The van der Waals surface area contributed by atoms with Crippen molar-refractivity contribution >= 4 is 16.7 Å². The van der Waals surface area contributed by atoms with E-state index in [4.69, 9.17) is 0 Å². The molecule has 0 saturated carbocycles. The van der Waals surface area contributed by atoms with Gasteiger partial charge in [-0.2, -0.15) is 0 Å². The first-order valence-corrected chi connectivity index (χ1v) is 9.29. The van der Waals surface area contributed by atoms with Crippen molar-refractivity contribution in [3.8, 4) is 5.69 Å². The van der Waals surface area contributed by atoms with E-state index < -0.39 is 11.4 Å². The van der Waals surface area contributed by atoms with E-state index in [1.165, 1.54) is 16.7 Å². The van der Waals surface area contributed by atoms with Crippen LogP contribution in [0.4, 0.5) is 4.39 Å². The molecular weight excluding hydrogens is 367 g/mol. The molecule has 29 heavy (non-hydrogen) atoms.